The van der Waals surface area contributed by atoms with Crippen LogP contribution in [0.1, 0.15) is 19.4 Å². The zero-order chi connectivity index (χ0) is 13.8. The van der Waals surface area contributed by atoms with Crippen LogP contribution in [0.4, 0.5) is 13.2 Å². The Labute approximate surface area is 109 Å². The summed E-state index contributed by atoms with van der Waals surface area (Å²) in [6.45, 7) is 3.86. The minimum Gasteiger partial charge on any atom is -0.406 e. The minimum atomic E-state index is -4.64. The van der Waals surface area contributed by atoms with E-state index in [1.54, 1.807) is 23.9 Å². The third kappa shape index (κ3) is 6.76. The van der Waals surface area contributed by atoms with Crippen molar-refractivity contribution in [3.63, 3.8) is 0 Å². The first kappa shape index (κ1) is 15.2. The Kier molecular flexibility index (Phi) is 4.92. The van der Waals surface area contributed by atoms with E-state index in [9.17, 15) is 13.2 Å². The number of benzene rings is 1. The average Bonchev–Trinajstić information content (AvgIpc) is 2.16. The molecule has 0 aromatic heterocycles. The highest BCUT2D eigenvalue weighted by Gasteiger charge is 2.30. The predicted octanol–water partition coefficient (Wildman–Crippen LogP) is 3.56. The van der Waals surface area contributed by atoms with Crippen molar-refractivity contribution < 1.29 is 17.9 Å². The molecule has 18 heavy (non-hydrogen) atoms. The molecule has 0 radical (unpaired) electrons. The molecule has 1 aromatic rings. The van der Waals surface area contributed by atoms with Crippen molar-refractivity contribution in [2.45, 2.75) is 31.5 Å². The van der Waals surface area contributed by atoms with E-state index in [0.29, 0.717) is 5.75 Å². The Morgan fingerprint density at radius 1 is 1.17 bits per heavy atom. The predicted molar refractivity (Wildman–Crippen MR) is 67.6 cm³/mol. The van der Waals surface area contributed by atoms with Crippen LogP contribution in [0.3, 0.4) is 0 Å². The summed E-state index contributed by atoms with van der Waals surface area (Å²) in [5.41, 5.74) is 6.52. The van der Waals surface area contributed by atoms with E-state index in [0.717, 1.165) is 11.3 Å². The van der Waals surface area contributed by atoms with Gasteiger partial charge in [0.1, 0.15) is 5.75 Å². The van der Waals surface area contributed by atoms with Crippen molar-refractivity contribution in [1.82, 2.24) is 0 Å². The maximum atomic E-state index is 11.9. The molecule has 0 saturated carbocycles. The van der Waals surface area contributed by atoms with E-state index < -0.39 is 6.36 Å². The van der Waals surface area contributed by atoms with Gasteiger partial charge in [-0.1, -0.05) is 12.1 Å². The number of alkyl halides is 3. The molecule has 0 aliphatic carbocycles. The summed E-state index contributed by atoms with van der Waals surface area (Å²) in [6, 6.07) is 5.88. The van der Waals surface area contributed by atoms with Gasteiger partial charge in [-0.15, -0.1) is 13.2 Å². The molecular weight excluding hydrogens is 263 g/mol. The Balaban J connectivity index is 2.46. The van der Waals surface area contributed by atoms with Gasteiger partial charge in [-0.3, -0.25) is 0 Å². The molecule has 1 rings (SSSR count). The number of hydrogen-bond donors (Lipinski definition) is 1. The normalized spacial score (nSPS) is 12.6. The molecule has 102 valence electrons. The lowest BCUT2D eigenvalue weighted by atomic mass is 10.1. The average molecular weight is 279 g/mol. The number of thioether (sulfide) groups is 1. The molecule has 0 saturated heterocycles. The van der Waals surface area contributed by atoms with E-state index in [1.165, 1.54) is 12.1 Å². The molecule has 2 nitrogen and oxygen atoms in total. The summed E-state index contributed by atoms with van der Waals surface area (Å²) in [6.07, 6.45) is -4.64. The molecule has 0 unspecified atom stereocenters. The Bertz CT molecular complexity index is 370. The summed E-state index contributed by atoms with van der Waals surface area (Å²) < 4.78 is 39.6. The highest BCUT2D eigenvalue weighted by Crippen LogP contribution is 2.24. The van der Waals surface area contributed by atoms with E-state index in [-0.39, 0.29) is 11.3 Å². The van der Waals surface area contributed by atoms with Gasteiger partial charge in [0.05, 0.1) is 0 Å². The molecule has 0 spiro atoms. The van der Waals surface area contributed by atoms with Crippen LogP contribution in [0.25, 0.3) is 0 Å². The summed E-state index contributed by atoms with van der Waals surface area (Å²) in [5, 5.41) is 0. The largest absolute Gasteiger partial charge is 0.573 e. The van der Waals surface area contributed by atoms with E-state index >= 15 is 0 Å². The van der Waals surface area contributed by atoms with Crippen LogP contribution in [0, 0.1) is 0 Å². The maximum absolute atomic E-state index is 11.9. The van der Waals surface area contributed by atoms with Crippen molar-refractivity contribution in [3.8, 4) is 5.75 Å². The molecule has 1 aromatic carbocycles. The van der Waals surface area contributed by atoms with E-state index in [1.807, 2.05) is 13.8 Å². The Morgan fingerprint density at radius 2 is 1.72 bits per heavy atom. The van der Waals surface area contributed by atoms with Gasteiger partial charge in [0, 0.05) is 17.0 Å². The second-order valence-electron chi connectivity index (χ2n) is 4.67. The summed E-state index contributed by atoms with van der Waals surface area (Å²) >= 11 is 1.64. The molecule has 2 N–H and O–H groups in total. The van der Waals surface area contributed by atoms with Crippen LogP contribution in [-0.2, 0) is 5.75 Å². The van der Waals surface area contributed by atoms with Crippen LogP contribution >= 0.6 is 11.8 Å². The van der Waals surface area contributed by atoms with Gasteiger partial charge in [-0.05, 0) is 31.5 Å². The molecule has 0 heterocycles. The molecule has 0 amide bonds. The summed E-state index contributed by atoms with van der Waals surface area (Å²) in [7, 11) is 0. The van der Waals surface area contributed by atoms with Gasteiger partial charge in [0.15, 0.2) is 0 Å². The molecule has 0 fully saturated rings. The fourth-order valence-corrected chi connectivity index (χ4v) is 2.28. The van der Waals surface area contributed by atoms with Crippen LogP contribution in [0.15, 0.2) is 24.3 Å². The van der Waals surface area contributed by atoms with Crippen molar-refractivity contribution in [3.05, 3.63) is 29.8 Å². The quantitative estimate of drug-likeness (QED) is 0.895. The third-order valence-electron chi connectivity index (χ3n) is 1.90. The molecule has 6 heteroatoms. The Hall–Kier alpha value is -0.880. The second kappa shape index (κ2) is 5.84. The fourth-order valence-electron chi connectivity index (χ4n) is 1.22. The Morgan fingerprint density at radius 3 is 2.17 bits per heavy atom. The lowest BCUT2D eigenvalue weighted by Gasteiger charge is -2.17. The third-order valence-corrected chi connectivity index (χ3v) is 3.39. The number of hydrogen-bond acceptors (Lipinski definition) is 3. The first-order chi connectivity index (χ1) is 8.16. The SMILES string of the molecule is CC(C)(N)CSCc1ccc(OC(F)(F)F)cc1. The lowest BCUT2D eigenvalue weighted by Crippen LogP contribution is -2.34. The van der Waals surface area contributed by atoms with Gasteiger partial charge in [-0.25, -0.2) is 0 Å². The van der Waals surface area contributed by atoms with Gasteiger partial charge in [0.2, 0.25) is 0 Å². The van der Waals surface area contributed by atoms with Crippen LogP contribution < -0.4 is 10.5 Å². The number of ether oxygens (including phenoxy) is 1. The standard InChI is InChI=1S/C12H16F3NOS/c1-11(2,16)8-18-7-9-3-5-10(6-4-9)17-12(13,14)15/h3-6H,7-8,16H2,1-2H3. The molecule has 0 bridgehead atoms. The van der Waals surface area contributed by atoms with Gasteiger partial charge >= 0.3 is 6.36 Å². The molecular formula is C12H16F3NOS. The second-order valence-corrected chi connectivity index (χ2v) is 5.66. The highest BCUT2D eigenvalue weighted by atomic mass is 32.2. The minimum absolute atomic E-state index is 0.199. The number of nitrogens with two attached hydrogens (primary N) is 1. The van der Waals surface area contributed by atoms with Gasteiger partial charge in [-0.2, -0.15) is 11.8 Å². The van der Waals surface area contributed by atoms with E-state index in [2.05, 4.69) is 4.74 Å². The van der Waals surface area contributed by atoms with Crippen molar-refractivity contribution >= 4 is 11.8 Å². The van der Waals surface area contributed by atoms with Crippen molar-refractivity contribution in [2.24, 2.45) is 5.73 Å². The van der Waals surface area contributed by atoms with Crippen LogP contribution in [0.5, 0.6) is 5.75 Å². The van der Waals surface area contributed by atoms with Gasteiger partial charge in [0.25, 0.3) is 0 Å². The number of halogens is 3. The lowest BCUT2D eigenvalue weighted by molar-refractivity contribution is -0.274. The first-order valence-corrected chi connectivity index (χ1v) is 6.52. The zero-order valence-corrected chi connectivity index (χ0v) is 11.1. The van der Waals surface area contributed by atoms with Crippen LogP contribution in [-0.4, -0.2) is 17.7 Å². The van der Waals surface area contributed by atoms with E-state index in [4.69, 9.17) is 5.73 Å². The smallest absolute Gasteiger partial charge is 0.406 e. The van der Waals surface area contributed by atoms with Crippen molar-refractivity contribution in [2.75, 3.05) is 5.75 Å². The van der Waals surface area contributed by atoms with Gasteiger partial charge < -0.3 is 10.5 Å². The summed E-state index contributed by atoms with van der Waals surface area (Å²) in [5.74, 6) is 1.30. The number of rotatable bonds is 5. The molecule has 0 aliphatic heterocycles. The summed E-state index contributed by atoms with van der Waals surface area (Å²) in [4.78, 5) is 0. The topological polar surface area (TPSA) is 35.2 Å². The molecule has 0 aliphatic rings. The molecule has 0 atom stereocenters. The zero-order valence-electron chi connectivity index (χ0n) is 10.3. The highest BCUT2D eigenvalue weighted by molar-refractivity contribution is 7.98. The van der Waals surface area contributed by atoms with Crippen molar-refractivity contribution in [1.29, 1.82) is 0 Å². The first-order valence-electron chi connectivity index (χ1n) is 5.37. The monoisotopic (exact) mass is 279 g/mol. The van der Waals surface area contributed by atoms with Crippen LogP contribution in [0.2, 0.25) is 0 Å². The maximum Gasteiger partial charge on any atom is 0.573 e. The fraction of sp³-hybridized carbons (Fsp3) is 0.500.